The molecule has 0 heterocycles. The predicted octanol–water partition coefficient (Wildman–Crippen LogP) is 2.88. The van der Waals surface area contributed by atoms with Crippen LogP contribution >= 0.6 is 0 Å². The fourth-order valence-corrected chi connectivity index (χ4v) is 1.65. The minimum Gasteiger partial charge on any atom is -0.490 e. The van der Waals surface area contributed by atoms with Crippen molar-refractivity contribution >= 4 is 0 Å². The number of rotatable bonds is 6. The minimum atomic E-state index is -0.668. The van der Waals surface area contributed by atoms with Crippen molar-refractivity contribution in [2.24, 2.45) is 5.73 Å². The van der Waals surface area contributed by atoms with E-state index in [0.717, 1.165) is 23.8 Å². The van der Waals surface area contributed by atoms with E-state index in [0.29, 0.717) is 12.3 Å². The molecule has 0 spiro atoms. The highest BCUT2D eigenvalue weighted by atomic mass is 19.1. The van der Waals surface area contributed by atoms with Crippen molar-refractivity contribution in [3.05, 3.63) is 59.7 Å². The average molecular weight is 279 g/mol. The van der Waals surface area contributed by atoms with Crippen LogP contribution in [0.25, 0.3) is 0 Å². The quantitative estimate of drug-likeness (QED) is 0.827. The lowest BCUT2D eigenvalue weighted by atomic mass is 10.2. The molecule has 0 aromatic heterocycles. The molecule has 0 aliphatic heterocycles. The van der Waals surface area contributed by atoms with Crippen LogP contribution in [0.4, 0.5) is 8.78 Å². The summed E-state index contributed by atoms with van der Waals surface area (Å²) in [5, 5.41) is 0. The van der Waals surface area contributed by atoms with Crippen molar-refractivity contribution in [1.82, 2.24) is 0 Å². The van der Waals surface area contributed by atoms with Gasteiger partial charge in [-0.1, -0.05) is 12.1 Å². The normalized spacial score (nSPS) is 10.3. The molecule has 0 saturated carbocycles. The van der Waals surface area contributed by atoms with E-state index in [2.05, 4.69) is 0 Å². The molecule has 2 aromatic rings. The van der Waals surface area contributed by atoms with Gasteiger partial charge in [0.05, 0.1) is 0 Å². The van der Waals surface area contributed by atoms with Crippen molar-refractivity contribution in [3.63, 3.8) is 0 Å². The van der Waals surface area contributed by atoms with Crippen molar-refractivity contribution in [2.75, 3.05) is 13.2 Å². The molecule has 2 N–H and O–H groups in total. The lowest BCUT2D eigenvalue weighted by molar-refractivity contribution is 0.216. The first-order valence-corrected chi connectivity index (χ1v) is 6.18. The first-order chi connectivity index (χ1) is 9.67. The van der Waals surface area contributed by atoms with Crippen LogP contribution in [0.3, 0.4) is 0 Å². The fourth-order valence-electron chi connectivity index (χ4n) is 1.65. The standard InChI is InChI=1S/C15H15F2NO2/c16-12-7-13(17)9-15(8-12)20-6-5-19-14-3-1-11(10-18)2-4-14/h1-4,7-9H,5-6,10,18H2. The summed E-state index contributed by atoms with van der Waals surface area (Å²) >= 11 is 0. The van der Waals surface area contributed by atoms with Gasteiger partial charge in [-0.25, -0.2) is 8.78 Å². The third kappa shape index (κ3) is 4.20. The molecule has 0 saturated heterocycles. The van der Waals surface area contributed by atoms with Crippen LogP contribution in [-0.4, -0.2) is 13.2 Å². The molecule has 0 aliphatic carbocycles. The molecule has 3 nitrogen and oxygen atoms in total. The summed E-state index contributed by atoms with van der Waals surface area (Å²) in [6.45, 7) is 0.955. The zero-order valence-corrected chi connectivity index (χ0v) is 10.8. The molecule has 106 valence electrons. The summed E-state index contributed by atoms with van der Waals surface area (Å²) in [4.78, 5) is 0. The third-order valence-corrected chi connectivity index (χ3v) is 2.62. The van der Waals surface area contributed by atoms with Gasteiger partial charge in [0.1, 0.15) is 36.3 Å². The molecular formula is C15H15F2NO2. The summed E-state index contributed by atoms with van der Waals surface area (Å²) in [6, 6.07) is 10.4. The van der Waals surface area contributed by atoms with Crippen LogP contribution < -0.4 is 15.2 Å². The molecule has 0 unspecified atom stereocenters. The Morgan fingerprint density at radius 1 is 0.800 bits per heavy atom. The maximum Gasteiger partial charge on any atom is 0.129 e. The largest absolute Gasteiger partial charge is 0.490 e. The van der Waals surface area contributed by atoms with Gasteiger partial charge in [0.15, 0.2) is 0 Å². The van der Waals surface area contributed by atoms with Crippen LogP contribution in [0.5, 0.6) is 11.5 Å². The van der Waals surface area contributed by atoms with E-state index < -0.39 is 11.6 Å². The second kappa shape index (κ2) is 6.86. The second-order valence-corrected chi connectivity index (χ2v) is 4.15. The van der Waals surface area contributed by atoms with Crippen LogP contribution in [0.15, 0.2) is 42.5 Å². The van der Waals surface area contributed by atoms with Gasteiger partial charge in [-0.05, 0) is 17.7 Å². The van der Waals surface area contributed by atoms with Gasteiger partial charge in [0, 0.05) is 24.7 Å². The number of benzene rings is 2. The van der Waals surface area contributed by atoms with Gasteiger partial charge in [0.2, 0.25) is 0 Å². The summed E-state index contributed by atoms with van der Waals surface area (Å²) in [6.07, 6.45) is 0. The van der Waals surface area contributed by atoms with Gasteiger partial charge in [-0.3, -0.25) is 0 Å². The van der Waals surface area contributed by atoms with Gasteiger partial charge in [-0.15, -0.1) is 0 Å². The zero-order valence-electron chi connectivity index (χ0n) is 10.8. The number of halogens is 2. The average Bonchev–Trinajstić information content (AvgIpc) is 2.43. The summed E-state index contributed by atoms with van der Waals surface area (Å²) < 4.78 is 36.5. The van der Waals surface area contributed by atoms with E-state index in [9.17, 15) is 8.78 Å². The third-order valence-electron chi connectivity index (χ3n) is 2.62. The molecule has 0 radical (unpaired) electrons. The lowest BCUT2D eigenvalue weighted by Crippen LogP contribution is -2.09. The van der Waals surface area contributed by atoms with Crippen molar-refractivity contribution in [3.8, 4) is 11.5 Å². The second-order valence-electron chi connectivity index (χ2n) is 4.15. The Kier molecular flexibility index (Phi) is 4.90. The topological polar surface area (TPSA) is 44.5 Å². The lowest BCUT2D eigenvalue weighted by Gasteiger charge is -2.09. The molecule has 5 heteroatoms. The van der Waals surface area contributed by atoms with Crippen LogP contribution in [0.1, 0.15) is 5.56 Å². The molecule has 20 heavy (non-hydrogen) atoms. The minimum absolute atomic E-state index is 0.143. The van der Waals surface area contributed by atoms with E-state index in [4.69, 9.17) is 15.2 Å². The molecule has 0 aliphatic rings. The molecule has 0 atom stereocenters. The SMILES string of the molecule is NCc1ccc(OCCOc2cc(F)cc(F)c2)cc1. The Balaban J connectivity index is 1.78. The highest BCUT2D eigenvalue weighted by molar-refractivity contribution is 5.27. The molecule has 2 aromatic carbocycles. The molecule has 2 rings (SSSR count). The monoisotopic (exact) mass is 279 g/mol. The van der Waals surface area contributed by atoms with Gasteiger partial charge in [0.25, 0.3) is 0 Å². The number of ether oxygens (including phenoxy) is 2. The van der Waals surface area contributed by atoms with E-state index in [1.54, 1.807) is 0 Å². The highest BCUT2D eigenvalue weighted by Crippen LogP contribution is 2.15. The number of hydrogen-bond donors (Lipinski definition) is 1. The van der Waals surface area contributed by atoms with Crippen molar-refractivity contribution < 1.29 is 18.3 Å². The van der Waals surface area contributed by atoms with Crippen LogP contribution in [-0.2, 0) is 6.54 Å². The Morgan fingerprint density at radius 2 is 1.35 bits per heavy atom. The summed E-state index contributed by atoms with van der Waals surface area (Å²) in [5.74, 6) is -0.502. The Morgan fingerprint density at radius 3 is 1.90 bits per heavy atom. The van der Waals surface area contributed by atoms with Crippen molar-refractivity contribution in [2.45, 2.75) is 6.54 Å². The van der Waals surface area contributed by atoms with Crippen molar-refractivity contribution in [1.29, 1.82) is 0 Å². The van der Waals surface area contributed by atoms with E-state index in [-0.39, 0.29) is 19.0 Å². The van der Waals surface area contributed by atoms with E-state index in [1.807, 2.05) is 24.3 Å². The summed E-state index contributed by atoms with van der Waals surface area (Å²) in [5.41, 5.74) is 6.51. The van der Waals surface area contributed by atoms with E-state index >= 15 is 0 Å². The van der Waals surface area contributed by atoms with Crippen LogP contribution in [0.2, 0.25) is 0 Å². The Bertz CT molecular complexity index is 538. The summed E-state index contributed by atoms with van der Waals surface area (Å²) in [7, 11) is 0. The molecule has 0 bridgehead atoms. The first kappa shape index (κ1) is 14.3. The maximum absolute atomic E-state index is 12.9. The Hall–Kier alpha value is -2.14. The van der Waals surface area contributed by atoms with Gasteiger partial charge in [-0.2, -0.15) is 0 Å². The van der Waals surface area contributed by atoms with Gasteiger partial charge >= 0.3 is 0 Å². The fraction of sp³-hybridized carbons (Fsp3) is 0.200. The molecular weight excluding hydrogens is 264 g/mol. The van der Waals surface area contributed by atoms with E-state index in [1.165, 1.54) is 0 Å². The Labute approximate surface area is 115 Å². The molecule has 0 amide bonds. The predicted molar refractivity (Wildman–Crippen MR) is 71.7 cm³/mol. The first-order valence-electron chi connectivity index (χ1n) is 6.18. The van der Waals surface area contributed by atoms with Gasteiger partial charge < -0.3 is 15.2 Å². The number of hydrogen-bond acceptors (Lipinski definition) is 3. The number of nitrogens with two attached hydrogens (primary N) is 1. The zero-order chi connectivity index (χ0) is 14.4. The van der Waals surface area contributed by atoms with Crippen LogP contribution in [0, 0.1) is 11.6 Å². The highest BCUT2D eigenvalue weighted by Gasteiger charge is 2.01. The maximum atomic E-state index is 12.9. The smallest absolute Gasteiger partial charge is 0.129 e. The molecule has 0 fully saturated rings.